The number of aliphatic hydroxyl groups excluding tert-OH is 1. The predicted molar refractivity (Wildman–Crippen MR) is 121 cm³/mol. The van der Waals surface area contributed by atoms with E-state index in [0.29, 0.717) is 11.4 Å². The molecular weight excluding hydrogens is 390 g/mol. The van der Waals surface area contributed by atoms with E-state index in [0.717, 1.165) is 16.3 Å². The summed E-state index contributed by atoms with van der Waals surface area (Å²) in [5.41, 5.74) is 1.50. The molecule has 4 rings (SSSR count). The highest BCUT2D eigenvalue weighted by atomic mass is 16.5. The Balaban J connectivity index is 1.95. The molecule has 31 heavy (non-hydrogen) atoms. The molecule has 0 aromatic heterocycles. The summed E-state index contributed by atoms with van der Waals surface area (Å²) in [4.78, 5) is 28.0. The standard InChI is InChI=1S/C26H25NO4/c1-16(2)14-22(28)23-24(21-13-6-9-17-8-4-5-12-20(17)21)27(26(30)25(23)29)18-10-7-11-19(15-18)31-3/h4-13,15-16,24,29H,14H2,1-3H3. The van der Waals surface area contributed by atoms with Crippen molar-refractivity contribution in [2.75, 3.05) is 12.0 Å². The van der Waals surface area contributed by atoms with Gasteiger partial charge in [0.15, 0.2) is 11.5 Å². The summed E-state index contributed by atoms with van der Waals surface area (Å²) in [5, 5.41) is 12.8. The number of hydrogen-bond acceptors (Lipinski definition) is 4. The SMILES string of the molecule is COc1cccc(N2C(=O)C(O)=C(C(=O)CC(C)C)C2c2cccc3ccccc23)c1. The summed E-state index contributed by atoms with van der Waals surface area (Å²) in [6.45, 7) is 3.89. The van der Waals surface area contributed by atoms with Gasteiger partial charge in [-0.3, -0.25) is 14.5 Å². The lowest BCUT2D eigenvalue weighted by molar-refractivity contribution is -0.118. The average molecular weight is 415 g/mol. The number of anilines is 1. The summed E-state index contributed by atoms with van der Waals surface area (Å²) in [6, 6.07) is 20.0. The van der Waals surface area contributed by atoms with Crippen LogP contribution in [0.3, 0.4) is 0 Å². The van der Waals surface area contributed by atoms with E-state index in [-0.39, 0.29) is 23.7 Å². The quantitative estimate of drug-likeness (QED) is 0.588. The zero-order chi connectivity index (χ0) is 22.1. The first-order valence-electron chi connectivity index (χ1n) is 10.3. The first kappa shape index (κ1) is 20.7. The number of ketones is 1. The molecule has 0 radical (unpaired) electrons. The van der Waals surface area contributed by atoms with E-state index in [1.165, 1.54) is 4.90 Å². The Bertz CT molecular complexity index is 1190. The summed E-state index contributed by atoms with van der Waals surface area (Å²) in [7, 11) is 1.56. The molecule has 1 heterocycles. The number of methoxy groups -OCH3 is 1. The first-order valence-corrected chi connectivity index (χ1v) is 10.3. The van der Waals surface area contributed by atoms with Crippen molar-refractivity contribution in [3.8, 4) is 5.75 Å². The smallest absolute Gasteiger partial charge is 0.294 e. The van der Waals surface area contributed by atoms with E-state index in [1.54, 1.807) is 31.4 Å². The maximum absolute atomic E-state index is 13.3. The van der Waals surface area contributed by atoms with Crippen molar-refractivity contribution in [1.82, 2.24) is 0 Å². The van der Waals surface area contributed by atoms with E-state index in [2.05, 4.69) is 0 Å². The molecule has 0 saturated heterocycles. The van der Waals surface area contributed by atoms with Crippen LogP contribution >= 0.6 is 0 Å². The number of nitrogens with zero attached hydrogens (tertiary/aromatic N) is 1. The number of aliphatic hydroxyl groups is 1. The maximum Gasteiger partial charge on any atom is 0.294 e. The molecule has 0 fully saturated rings. The molecule has 5 heteroatoms. The van der Waals surface area contributed by atoms with Crippen LogP contribution in [-0.2, 0) is 9.59 Å². The normalized spacial score (nSPS) is 16.5. The molecule has 1 unspecified atom stereocenters. The molecule has 3 aromatic rings. The van der Waals surface area contributed by atoms with Gasteiger partial charge in [0.2, 0.25) is 0 Å². The summed E-state index contributed by atoms with van der Waals surface area (Å²) < 4.78 is 5.33. The van der Waals surface area contributed by atoms with Crippen LogP contribution in [0.1, 0.15) is 31.9 Å². The number of fused-ring (bicyclic) bond motifs is 1. The molecule has 1 aliphatic rings. The Kier molecular flexibility index (Phi) is 5.51. The molecule has 1 amide bonds. The fourth-order valence-electron chi connectivity index (χ4n) is 4.18. The van der Waals surface area contributed by atoms with Crippen LogP contribution in [-0.4, -0.2) is 23.9 Å². The van der Waals surface area contributed by atoms with Crippen molar-refractivity contribution in [2.24, 2.45) is 5.92 Å². The lowest BCUT2D eigenvalue weighted by atomic mass is 9.89. The largest absolute Gasteiger partial charge is 0.503 e. The highest BCUT2D eigenvalue weighted by molar-refractivity contribution is 6.17. The van der Waals surface area contributed by atoms with Crippen LogP contribution in [0.4, 0.5) is 5.69 Å². The number of benzene rings is 3. The third-order valence-corrected chi connectivity index (χ3v) is 5.55. The Labute approximate surface area is 181 Å². The Morgan fingerprint density at radius 3 is 2.52 bits per heavy atom. The second-order valence-corrected chi connectivity index (χ2v) is 8.13. The Morgan fingerprint density at radius 2 is 1.77 bits per heavy atom. The summed E-state index contributed by atoms with van der Waals surface area (Å²) in [6.07, 6.45) is 0.250. The molecule has 5 nitrogen and oxygen atoms in total. The van der Waals surface area contributed by atoms with Gasteiger partial charge in [-0.1, -0.05) is 62.4 Å². The van der Waals surface area contributed by atoms with Gasteiger partial charge >= 0.3 is 0 Å². The van der Waals surface area contributed by atoms with Gasteiger partial charge in [0.1, 0.15) is 5.75 Å². The third kappa shape index (κ3) is 3.67. The van der Waals surface area contributed by atoms with Crippen molar-refractivity contribution < 1.29 is 19.4 Å². The monoisotopic (exact) mass is 415 g/mol. The molecule has 1 N–H and O–H groups in total. The number of carbonyl (C=O) groups is 2. The molecule has 0 spiro atoms. The van der Waals surface area contributed by atoms with Crippen molar-refractivity contribution in [3.05, 3.63) is 83.6 Å². The number of carbonyl (C=O) groups excluding carboxylic acids is 2. The fraction of sp³-hybridized carbons (Fsp3) is 0.231. The van der Waals surface area contributed by atoms with Crippen LogP contribution in [0, 0.1) is 5.92 Å². The highest BCUT2D eigenvalue weighted by Gasteiger charge is 2.44. The average Bonchev–Trinajstić information content (AvgIpc) is 3.03. The van der Waals surface area contributed by atoms with Gasteiger partial charge in [-0.25, -0.2) is 0 Å². The van der Waals surface area contributed by atoms with Gasteiger partial charge in [0.25, 0.3) is 5.91 Å². The number of Topliss-reactive ketones (excluding diaryl/α,β-unsaturated/α-hetero) is 1. The third-order valence-electron chi connectivity index (χ3n) is 5.55. The second-order valence-electron chi connectivity index (χ2n) is 8.13. The molecule has 0 saturated carbocycles. The van der Waals surface area contributed by atoms with Crippen LogP contribution in [0.25, 0.3) is 10.8 Å². The molecule has 158 valence electrons. The number of ether oxygens (including phenoxy) is 1. The topological polar surface area (TPSA) is 66.8 Å². The molecular formula is C26H25NO4. The highest BCUT2D eigenvalue weighted by Crippen LogP contribution is 2.44. The maximum atomic E-state index is 13.3. The van der Waals surface area contributed by atoms with Gasteiger partial charge < -0.3 is 9.84 Å². The minimum absolute atomic E-state index is 0.0990. The lowest BCUT2D eigenvalue weighted by Crippen LogP contribution is -2.31. The summed E-state index contributed by atoms with van der Waals surface area (Å²) in [5.74, 6) is -0.598. The molecule has 1 atom stereocenters. The van der Waals surface area contributed by atoms with Gasteiger partial charge in [0, 0.05) is 18.2 Å². The van der Waals surface area contributed by atoms with Crippen molar-refractivity contribution in [3.63, 3.8) is 0 Å². The van der Waals surface area contributed by atoms with E-state index in [1.807, 2.05) is 56.3 Å². The van der Waals surface area contributed by atoms with Crippen LogP contribution in [0.2, 0.25) is 0 Å². The van der Waals surface area contributed by atoms with E-state index in [4.69, 9.17) is 4.74 Å². The zero-order valence-corrected chi connectivity index (χ0v) is 17.8. The molecule has 1 aliphatic heterocycles. The molecule has 0 bridgehead atoms. The minimum Gasteiger partial charge on any atom is -0.503 e. The van der Waals surface area contributed by atoms with E-state index < -0.39 is 17.7 Å². The van der Waals surface area contributed by atoms with E-state index in [9.17, 15) is 14.7 Å². The van der Waals surface area contributed by atoms with Crippen LogP contribution < -0.4 is 9.64 Å². The summed E-state index contributed by atoms with van der Waals surface area (Å²) >= 11 is 0. The molecule has 0 aliphatic carbocycles. The van der Waals surface area contributed by atoms with Gasteiger partial charge in [-0.05, 0) is 34.4 Å². The first-order chi connectivity index (χ1) is 14.9. The Hall–Kier alpha value is -3.60. The van der Waals surface area contributed by atoms with Gasteiger partial charge in [-0.15, -0.1) is 0 Å². The van der Waals surface area contributed by atoms with Crippen molar-refractivity contribution in [2.45, 2.75) is 26.3 Å². The van der Waals surface area contributed by atoms with Crippen LogP contribution in [0.5, 0.6) is 5.75 Å². The van der Waals surface area contributed by atoms with Gasteiger partial charge in [-0.2, -0.15) is 0 Å². The predicted octanol–water partition coefficient (Wildman–Crippen LogP) is 5.36. The zero-order valence-electron chi connectivity index (χ0n) is 17.8. The number of rotatable bonds is 6. The van der Waals surface area contributed by atoms with E-state index >= 15 is 0 Å². The second kappa shape index (κ2) is 8.26. The number of amides is 1. The van der Waals surface area contributed by atoms with Gasteiger partial charge in [0.05, 0.1) is 18.7 Å². The minimum atomic E-state index is -0.725. The Morgan fingerprint density at radius 1 is 1.06 bits per heavy atom. The van der Waals surface area contributed by atoms with Crippen molar-refractivity contribution in [1.29, 1.82) is 0 Å². The number of hydrogen-bond donors (Lipinski definition) is 1. The van der Waals surface area contributed by atoms with Crippen LogP contribution in [0.15, 0.2) is 78.1 Å². The molecule has 3 aromatic carbocycles. The van der Waals surface area contributed by atoms with Crippen molar-refractivity contribution >= 4 is 28.2 Å². The fourth-order valence-corrected chi connectivity index (χ4v) is 4.18. The lowest BCUT2D eigenvalue weighted by Gasteiger charge is -2.28.